The van der Waals surface area contributed by atoms with Gasteiger partial charge in [-0.3, -0.25) is 9.59 Å². The van der Waals surface area contributed by atoms with Crippen molar-refractivity contribution < 1.29 is 19.1 Å². The Morgan fingerprint density at radius 1 is 1.00 bits per heavy atom. The fourth-order valence-corrected chi connectivity index (χ4v) is 4.23. The van der Waals surface area contributed by atoms with Crippen LogP contribution in [-0.4, -0.2) is 40.5 Å². The third-order valence-corrected chi connectivity index (χ3v) is 6.56. The molecule has 2 aromatic carbocycles. The molecule has 4 atom stereocenters. The highest BCUT2D eigenvalue weighted by molar-refractivity contribution is 5.99. The maximum atomic E-state index is 13.9. The molecule has 1 aliphatic carbocycles. The van der Waals surface area contributed by atoms with E-state index in [1.165, 1.54) is 0 Å². The number of carbonyl (C=O) groups is 3. The molecule has 0 spiro atoms. The van der Waals surface area contributed by atoms with Crippen molar-refractivity contribution in [2.75, 3.05) is 5.32 Å². The molecule has 0 heterocycles. The fraction of sp³-hybridized carbons (Fsp3) is 0.483. The molecule has 1 saturated carbocycles. The molecule has 2 aromatic rings. The normalized spacial score (nSPS) is 18.6. The second kappa shape index (κ2) is 10.7. The number of nitrogens with one attached hydrogen (secondary N) is 2. The van der Waals surface area contributed by atoms with Gasteiger partial charge in [0.05, 0.1) is 0 Å². The van der Waals surface area contributed by atoms with Gasteiger partial charge in [0.25, 0.3) is 5.91 Å². The minimum absolute atomic E-state index is 0.102. The van der Waals surface area contributed by atoms with Crippen LogP contribution in [0.5, 0.6) is 0 Å². The number of hydrogen-bond acceptors (Lipinski definition) is 4. The topological polar surface area (TPSA) is 87.7 Å². The van der Waals surface area contributed by atoms with Gasteiger partial charge in [-0.25, -0.2) is 4.79 Å². The molecule has 0 saturated heterocycles. The van der Waals surface area contributed by atoms with Crippen molar-refractivity contribution in [2.24, 2.45) is 5.92 Å². The predicted octanol–water partition coefficient (Wildman–Crippen LogP) is 5.44. The number of benzene rings is 2. The van der Waals surface area contributed by atoms with Crippen molar-refractivity contribution in [3.8, 4) is 0 Å². The molecule has 0 radical (unpaired) electrons. The number of alkyl carbamates (subject to hydrolysis) is 1. The van der Waals surface area contributed by atoms with Gasteiger partial charge < -0.3 is 20.3 Å². The molecule has 1 fully saturated rings. The Balaban J connectivity index is 1.98. The van der Waals surface area contributed by atoms with Gasteiger partial charge in [-0.15, -0.1) is 0 Å². The number of hydrogen-bond donors (Lipinski definition) is 2. The summed E-state index contributed by atoms with van der Waals surface area (Å²) in [5.41, 5.74) is 3.83. The Morgan fingerprint density at radius 2 is 1.64 bits per heavy atom. The number of amides is 3. The van der Waals surface area contributed by atoms with Gasteiger partial charge in [-0.05, 0) is 89.1 Å². The summed E-state index contributed by atoms with van der Waals surface area (Å²) in [4.78, 5) is 41.8. The van der Waals surface area contributed by atoms with Gasteiger partial charge in [0.2, 0.25) is 5.91 Å². The van der Waals surface area contributed by atoms with Crippen LogP contribution in [0.2, 0.25) is 0 Å². The molecule has 36 heavy (non-hydrogen) atoms. The van der Waals surface area contributed by atoms with Crippen molar-refractivity contribution in [1.82, 2.24) is 10.2 Å². The highest BCUT2D eigenvalue weighted by Crippen LogP contribution is 2.41. The first-order chi connectivity index (χ1) is 16.8. The lowest BCUT2D eigenvalue weighted by molar-refractivity contribution is -0.141. The van der Waals surface area contributed by atoms with E-state index in [4.69, 9.17) is 4.74 Å². The maximum absolute atomic E-state index is 13.9. The highest BCUT2D eigenvalue weighted by atomic mass is 16.6. The molecule has 0 aromatic heterocycles. The zero-order chi connectivity index (χ0) is 26.8. The van der Waals surface area contributed by atoms with Crippen LogP contribution in [0.15, 0.2) is 42.5 Å². The lowest BCUT2D eigenvalue weighted by Gasteiger charge is -2.34. The standard InChI is InChI=1S/C29H39N3O4/c1-17-13-14-22(15-19(17)3)25(26(33)31-23-12-10-9-11-18(23)2)32(24-16-20(24)4)27(34)21(5)30-28(35)36-29(6,7)8/h9-15,20-21,24-25H,16H2,1-8H3,(H,30,35)(H,31,33). The average molecular weight is 494 g/mol. The van der Waals surface area contributed by atoms with Gasteiger partial charge in [0.15, 0.2) is 0 Å². The molecule has 7 heteroatoms. The Morgan fingerprint density at radius 3 is 2.19 bits per heavy atom. The van der Waals surface area contributed by atoms with Gasteiger partial charge in [-0.2, -0.15) is 0 Å². The molecule has 4 unspecified atom stereocenters. The second-order valence-electron chi connectivity index (χ2n) is 10.9. The monoisotopic (exact) mass is 493 g/mol. The highest BCUT2D eigenvalue weighted by Gasteiger charge is 2.47. The summed E-state index contributed by atoms with van der Waals surface area (Å²) in [6.45, 7) is 14.9. The van der Waals surface area contributed by atoms with Crippen molar-refractivity contribution in [3.05, 3.63) is 64.7 Å². The van der Waals surface area contributed by atoms with Gasteiger partial charge in [0, 0.05) is 11.7 Å². The van der Waals surface area contributed by atoms with Crippen molar-refractivity contribution >= 4 is 23.6 Å². The van der Waals surface area contributed by atoms with E-state index < -0.39 is 23.8 Å². The van der Waals surface area contributed by atoms with Gasteiger partial charge >= 0.3 is 6.09 Å². The van der Waals surface area contributed by atoms with Gasteiger partial charge in [-0.1, -0.05) is 43.3 Å². The van der Waals surface area contributed by atoms with Crippen molar-refractivity contribution in [3.63, 3.8) is 0 Å². The molecule has 3 rings (SSSR count). The molecule has 0 aliphatic heterocycles. The number of para-hydroxylation sites is 1. The Bertz CT molecular complexity index is 1140. The van der Waals surface area contributed by atoms with Crippen LogP contribution in [0, 0.1) is 26.7 Å². The smallest absolute Gasteiger partial charge is 0.408 e. The van der Waals surface area contributed by atoms with E-state index in [0.29, 0.717) is 5.69 Å². The SMILES string of the molecule is Cc1ccc(C(C(=O)Nc2ccccc2C)N(C(=O)C(C)NC(=O)OC(C)(C)C)C2CC2C)cc1C. The van der Waals surface area contributed by atoms with E-state index in [1.54, 1.807) is 32.6 Å². The van der Waals surface area contributed by atoms with Crippen LogP contribution >= 0.6 is 0 Å². The van der Waals surface area contributed by atoms with E-state index in [2.05, 4.69) is 17.6 Å². The lowest BCUT2D eigenvalue weighted by atomic mass is 9.98. The van der Waals surface area contributed by atoms with Gasteiger partial charge in [0.1, 0.15) is 17.7 Å². The molecule has 0 bridgehead atoms. The minimum Gasteiger partial charge on any atom is -0.444 e. The Labute approximate surface area is 214 Å². The zero-order valence-electron chi connectivity index (χ0n) is 22.6. The molecule has 7 nitrogen and oxygen atoms in total. The maximum Gasteiger partial charge on any atom is 0.408 e. The summed E-state index contributed by atoms with van der Waals surface area (Å²) in [5.74, 6) is -0.356. The van der Waals surface area contributed by atoms with E-state index in [-0.39, 0.29) is 23.8 Å². The summed E-state index contributed by atoms with van der Waals surface area (Å²) in [6.07, 6.45) is 0.128. The summed E-state index contributed by atoms with van der Waals surface area (Å²) in [6, 6.07) is 11.6. The average Bonchev–Trinajstić information content (AvgIpc) is 3.49. The molecule has 2 N–H and O–H groups in total. The van der Waals surface area contributed by atoms with Crippen LogP contribution in [0.25, 0.3) is 0 Å². The number of ether oxygens (including phenoxy) is 1. The van der Waals surface area contributed by atoms with Crippen LogP contribution in [-0.2, 0) is 14.3 Å². The third-order valence-electron chi connectivity index (χ3n) is 6.56. The molecular formula is C29H39N3O4. The molecule has 1 aliphatic rings. The van der Waals surface area contributed by atoms with Crippen molar-refractivity contribution in [2.45, 2.75) is 85.5 Å². The van der Waals surface area contributed by atoms with Crippen LogP contribution < -0.4 is 10.6 Å². The van der Waals surface area contributed by atoms with E-state index in [0.717, 1.165) is 28.7 Å². The first-order valence-electron chi connectivity index (χ1n) is 12.5. The molecule has 194 valence electrons. The first-order valence-corrected chi connectivity index (χ1v) is 12.5. The Hall–Kier alpha value is -3.35. The summed E-state index contributed by atoms with van der Waals surface area (Å²) in [5, 5.41) is 5.70. The number of carbonyl (C=O) groups excluding carboxylic acids is 3. The lowest BCUT2D eigenvalue weighted by Crippen LogP contribution is -2.52. The van der Waals surface area contributed by atoms with Crippen LogP contribution in [0.3, 0.4) is 0 Å². The minimum atomic E-state index is -0.868. The molecule has 3 amide bonds. The first kappa shape index (κ1) is 27.2. The summed E-state index contributed by atoms with van der Waals surface area (Å²) >= 11 is 0. The largest absolute Gasteiger partial charge is 0.444 e. The summed E-state index contributed by atoms with van der Waals surface area (Å²) in [7, 11) is 0. The van der Waals surface area contributed by atoms with E-state index in [1.807, 2.05) is 63.2 Å². The fourth-order valence-electron chi connectivity index (χ4n) is 4.23. The number of rotatable bonds is 7. The summed E-state index contributed by atoms with van der Waals surface area (Å²) < 4.78 is 5.35. The number of anilines is 1. The third kappa shape index (κ3) is 6.65. The zero-order valence-corrected chi connectivity index (χ0v) is 22.6. The van der Waals surface area contributed by atoms with Crippen LogP contribution in [0.1, 0.15) is 69.3 Å². The number of aryl methyl sites for hydroxylation is 3. The predicted molar refractivity (Wildman–Crippen MR) is 142 cm³/mol. The molecular weight excluding hydrogens is 454 g/mol. The quantitative estimate of drug-likeness (QED) is 0.537. The van der Waals surface area contributed by atoms with Crippen molar-refractivity contribution in [1.29, 1.82) is 0 Å². The Kier molecular flexibility index (Phi) is 8.12. The number of nitrogens with zero attached hydrogens (tertiary/aromatic N) is 1. The second-order valence-corrected chi connectivity index (χ2v) is 10.9. The van der Waals surface area contributed by atoms with Crippen LogP contribution in [0.4, 0.5) is 10.5 Å². The van der Waals surface area contributed by atoms with E-state index >= 15 is 0 Å². The van der Waals surface area contributed by atoms with E-state index in [9.17, 15) is 14.4 Å².